The van der Waals surface area contributed by atoms with E-state index in [0.29, 0.717) is 23.5 Å². The van der Waals surface area contributed by atoms with Gasteiger partial charge in [-0.3, -0.25) is 4.79 Å². The van der Waals surface area contributed by atoms with Gasteiger partial charge in [0.05, 0.1) is 0 Å². The van der Waals surface area contributed by atoms with Crippen LogP contribution in [0.5, 0.6) is 0 Å². The fourth-order valence-electron chi connectivity index (χ4n) is 3.30. The van der Waals surface area contributed by atoms with Gasteiger partial charge < -0.3 is 0 Å². The summed E-state index contributed by atoms with van der Waals surface area (Å²) in [6.45, 7) is 15.2. The molecule has 1 saturated carbocycles. The van der Waals surface area contributed by atoms with E-state index in [-0.39, 0.29) is 10.8 Å². The summed E-state index contributed by atoms with van der Waals surface area (Å²) >= 11 is 0. The van der Waals surface area contributed by atoms with Crippen LogP contribution >= 0.6 is 0 Å². The smallest absolute Gasteiger partial charge is 0.144 e. The highest BCUT2D eigenvalue weighted by Gasteiger charge is 2.52. The van der Waals surface area contributed by atoms with Crippen LogP contribution in [0.15, 0.2) is 0 Å². The SMILES string of the molecule is CC(C)[C@@H]1C[C@H](C)C(C)(C)C(=O)C1(C)C. The largest absolute Gasteiger partial charge is 0.298 e. The molecule has 0 heterocycles. The first-order chi connectivity index (χ1) is 6.61. The molecule has 1 rings (SSSR count). The van der Waals surface area contributed by atoms with Gasteiger partial charge >= 0.3 is 0 Å². The first kappa shape index (κ1) is 12.7. The summed E-state index contributed by atoms with van der Waals surface area (Å²) in [5.74, 6) is 2.09. The number of Topliss-reactive ketones (excluding diaryl/α,β-unsaturated/α-hetero) is 1. The summed E-state index contributed by atoms with van der Waals surface area (Å²) in [5, 5.41) is 0. The Morgan fingerprint density at radius 2 is 1.60 bits per heavy atom. The van der Waals surface area contributed by atoms with Gasteiger partial charge in [-0.25, -0.2) is 0 Å². The lowest BCUT2D eigenvalue weighted by atomic mass is 9.53. The van der Waals surface area contributed by atoms with Crippen LogP contribution in [0, 0.1) is 28.6 Å². The minimum atomic E-state index is -0.149. The van der Waals surface area contributed by atoms with Crippen molar-refractivity contribution in [1.29, 1.82) is 0 Å². The second kappa shape index (κ2) is 3.61. The maximum Gasteiger partial charge on any atom is 0.144 e. The molecule has 15 heavy (non-hydrogen) atoms. The van der Waals surface area contributed by atoms with Crippen molar-refractivity contribution in [3.05, 3.63) is 0 Å². The molecule has 2 atom stereocenters. The Bertz CT molecular complexity index is 261. The van der Waals surface area contributed by atoms with Crippen molar-refractivity contribution in [2.45, 2.75) is 54.9 Å². The zero-order valence-electron chi connectivity index (χ0n) is 11.3. The molecule has 0 spiro atoms. The van der Waals surface area contributed by atoms with Crippen molar-refractivity contribution >= 4 is 5.78 Å². The van der Waals surface area contributed by atoms with E-state index >= 15 is 0 Å². The molecule has 0 aromatic heterocycles. The number of hydrogen-bond donors (Lipinski definition) is 0. The van der Waals surface area contributed by atoms with Crippen molar-refractivity contribution in [3.8, 4) is 0 Å². The standard InChI is InChI=1S/C14H26O/c1-9(2)11-8-10(3)13(4,5)12(15)14(11,6)7/h9-11H,8H2,1-7H3/t10-,11-/m0/s1. The Balaban J connectivity index is 3.08. The number of rotatable bonds is 1. The monoisotopic (exact) mass is 210 g/mol. The lowest BCUT2D eigenvalue weighted by Crippen LogP contribution is -2.51. The number of ketones is 1. The van der Waals surface area contributed by atoms with Crippen molar-refractivity contribution in [1.82, 2.24) is 0 Å². The van der Waals surface area contributed by atoms with Crippen LogP contribution in [0.1, 0.15) is 54.9 Å². The summed E-state index contributed by atoms with van der Waals surface area (Å²) in [4.78, 5) is 12.5. The second-order valence-corrected chi connectivity index (χ2v) is 6.76. The molecule has 88 valence electrons. The first-order valence-corrected chi connectivity index (χ1v) is 6.16. The fourth-order valence-corrected chi connectivity index (χ4v) is 3.30. The molecular weight excluding hydrogens is 184 g/mol. The Kier molecular flexibility index (Phi) is 3.06. The molecule has 1 fully saturated rings. The molecule has 0 saturated heterocycles. The zero-order chi connectivity index (χ0) is 12.0. The molecular formula is C14H26O. The Labute approximate surface area is 94.6 Å². The van der Waals surface area contributed by atoms with E-state index in [2.05, 4.69) is 48.5 Å². The minimum absolute atomic E-state index is 0.144. The zero-order valence-corrected chi connectivity index (χ0v) is 11.3. The highest BCUT2D eigenvalue weighted by Crippen LogP contribution is 2.51. The molecule has 0 aromatic rings. The van der Waals surface area contributed by atoms with Gasteiger partial charge in [-0.15, -0.1) is 0 Å². The van der Waals surface area contributed by atoms with Gasteiger partial charge in [0.15, 0.2) is 0 Å². The third kappa shape index (κ3) is 1.86. The maximum absolute atomic E-state index is 12.5. The predicted octanol–water partition coefficient (Wildman–Crippen LogP) is 3.92. The van der Waals surface area contributed by atoms with Gasteiger partial charge in [0.25, 0.3) is 0 Å². The Hall–Kier alpha value is -0.330. The quantitative estimate of drug-likeness (QED) is 0.641. The third-order valence-corrected chi connectivity index (χ3v) is 4.74. The van der Waals surface area contributed by atoms with Crippen molar-refractivity contribution in [3.63, 3.8) is 0 Å². The summed E-state index contributed by atoms with van der Waals surface area (Å²) in [6, 6.07) is 0. The minimum Gasteiger partial charge on any atom is -0.298 e. The molecule has 0 radical (unpaired) electrons. The molecule has 1 nitrogen and oxygen atoms in total. The van der Waals surface area contributed by atoms with Crippen molar-refractivity contribution in [2.24, 2.45) is 28.6 Å². The van der Waals surface area contributed by atoms with E-state index in [1.54, 1.807) is 0 Å². The van der Waals surface area contributed by atoms with Crippen molar-refractivity contribution in [2.75, 3.05) is 0 Å². The van der Waals surface area contributed by atoms with Crippen LogP contribution in [-0.4, -0.2) is 5.78 Å². The van der Waals surface area contributed by atoms with Gasteiger partial charge in [-0.1, -0.05) is 48.5 Å². The molecule has 0 N–H and O–H groups in total. The topological polar surface area (TPSA) is 17.1 Å². The lowest BCUT2D eigenvalue weighted by molar-refractivity contribution is -0.150. The normalized spacial score (nSPS) is 34.5. The number of carbonyl (C=O) groups is 1. The maximum atomic E-state index is 12.5. The highest BCUT2D eigenvalue weighted by molar-refractivity contribution is 5.90. The number of carbonyl (C=O) groups excluding carboxylic acids is 1. The highest BCUT2D eigenvalue weighted by atomic mass is 16.1. The van der Waals surface area contributed by atoms with Crippen molar-refractivity contribution < 1.29 is 4.79 Å². The first-order valence-electron chi connectivity index (χ1n) is 6.16. The van der Waals surface area contributed by atoms with Gasteiger partial charge in [0.1, 0.15) is 5.78 Å². The van der Waals surface area contributed by atoms with E-state index < -0.39 is 0 Å². The molecule has 0 amide bonds. The van der Waals surface area contributed by atoms with Crippen LogP contribution in [0.25, 0.3) is 0 Å². The predicted molar refractivity (Wildman–Crippen MR) is 64.7 cm³/mol. The number of hydrogen-bond acceptors (Lipinski definition) is 1. The van der Waals surface area contributed by atoms with Crippen LogP contribution in [0.2, 0.25) is 0 Å². The summed E-state index contributed by atoms with van der Waals surface area (Å²) < 4.78 is 0. The van der Waals surface area contributed by atoms with E-state index in [0.717, 1.165) is 0 Å². The molecule has 0 aromatic carbocycles. The summed E-state index contributed by atoms with van der Waals surface area (Å²) in [6.07, 6.45) is 1.18. The van der Waals surface area contributed by atoms with Gasteiger partial charge in [-0.2, -0.15) is 0 Å². The van der Waals surface area contributed by atoms with Crippen LogP contribution in [-0.2, 0) is 4.79 Å². The molecule has 1 heteroatoms. The molecule has 1 aliphatic rings. The average Bonchev–Trinajstić information content (AvgIpc) is 2.09. The average molecular weight is 210 g/mol. The Morgan fingerprint density at radius 1 is 1.13 bits per heavy atom. The van der Waals surface area contributed by atoms with Gasteiger partial charge in [0.2, 0.25) is 0 Å². The molecule has 0 unspecified atom stereocenters. The van der Waals surface area contributed by atoms with E-state index in [9.17, 15) is 4.79 Å². The van der Waals surface area contributed by atoms with E-state index in [1.807, 2.05) is 0 Å². The molecule has 0 aliphatic heterocycles. The van der Waals surface area contributed by atoms with E-state index in [4.69, 9.17) is 0 Å². The summed E-state index contributed by atoms with van der Waals surface area (Å²) in [7, 11) is 0. The Morgan fingerprint density at radius 3 is 2.00 bits per heavy atom. The van der Waals surface area contributed by atoms with Crippen LogP contribution < -0.4 is 0 Å². The molecule has 1 aliphatic carbocycles. The lowest BCUT2D eigenvalue weighted by Gasteiger charge is -2.50. The molecule has 0 bridgehead atoms. The third-order valence-electron chi connectivity index (χ3n) is 4.74. The van der Waals surface area contributed by atoms with Crippen LogP contribution in [0.3, 0.4) is 0 Å². The van der Waals surface area contributed by atoms with Gasteiger partial charge in [-0.05, 0) is 24.2 Å². The van der Waals surface area contributed by atoms with Gasteiger partial charge in [0, 0.05) is 10.8 Å². The van der Waals surface area contributed by atoms with Crippen LogP contribution in [0.4, 0.5) is 0 Å². The van der Waals surface area contributed by atoms with E-state index in [1.165, 1.54) is 6.42 Å². The second-order valence-electron chi connectivity index (χ2n) is 6.76. The summed E-state index contributed by atoms with van der Waals surface area (Å²) in [5.41, 5.74) is -0.293. The fraction of sp³-hybridized carbons (Fsp3) is 0.929.